The number of hydrogen-bond donors (Lipinski definition) is 2. The topological polar surface area (TPSA) is 91.3 Å². The molecule has 0 unspecified atom stereocenters. The van der Waals surface area contributed by atoms with Gasteiger partial charge in [0.05, 0.1) is 24.5 Å². The first-order valence-electron chi connectivity index (χ1n) is 11.0. The Morgan fingerprint density at radius 1 is 1.21 bits per heavy atom. The fourth-order valence-electron chi connectivity index (χ4n) is 4.23. The van der Waals surface area contributed by atoms with Gasteiger partial charge in [0.2, 0.25) is 5.91 Å². The maximum atomic E-state index is 15.0. The van der Waals surface area contributed by atoms with Crippen LogP contribution in [-0.4, -0.2) is 62.3 Å². The molecule has 2 aromatic rings. The van der Waals surface area contributed by atoms with E-state index in [-0.39, 0.29) is 24.6 Å². The van der Waals surface area contributed by atoms with Crippen molar-refractivity contribution in [3.8, 4) is 11.1 Å². The highest BCUT2D eigenvalue weighted by atomic mass is 19.1. The Bertz CT molecular complexity index is 1090. The Labute approximate surface area is 196 Å². The standard InChI is InChI=1S/C24H27F2N3O5/c1-15(30)27-13-18-14-29(23(31)34-18)17-4-5-19(20(25)12-17)16-3-6-22(21(26)11-16)28-9-7-24(32,33-2)8-10-28/h3-6,11-12,18,32H,7-10,13-14H2,1-2H3,(H,27,30)/t18-/m0/s1. The molecule has 2 amide bonds. The number of aliphatic hydroxyl groups is 1. The van der Waals surface area contributed by atoms with E-state index >= 15 is 0 Å². The van der Waals surface area contributed by atoms with Crippen molar-refractivity contribution in [2.75, 3.05) is 43.1 Å². The van der Waals surface area contributed by atoms with Crippen molar-refractivity contribution in [3.63, 3.8) is 0 Å². The highest BCUT2D eigenvalue weighted by molar-refractivity contribution is 5.90. The zero-order valence-electron chi connectivity index (χ0n) is 19.0. The molecule has 4 rings (SSSR count). The second-order valence-corrected chi connectivity index (χ2v) is 8.52. The van der Waals surface area contributed by atoms with Gasteiger partial charge in [-0.1, -0.05) is 6.07 Å². The van der Waals surface area contributed by atoms with Gasteiger partial charge in [0.1, 0.15) is 17.7 Å². The molecule has 2 aromatic carbocycles. The predicted molar refractivity (Wildman–Crippen MR) is 121 cm³/mol. The molecular formula is C24H27F2N3O5. The number of benzene rings is 2. The Morgan fingerprint density at radius 2 is 1.94 bits per heavy atom. The second-order valence-electron chi connectivity index (χ2n) is 8.52. The molecule has 2 fully saturated rings. The van der Waals surface area contributed by atoms with Gasteiger partial charge in [0.15, 0.2) is 5.79 Å². The maximum Gasteiger partial charge on any atom is 0.414 e. The second kappa shape index (κ2) is 9.55. The summed E-state index contributed by atoms with van der Waals surface area (Å²) in [4.78, 5) is 26.4. The number of halogens is 2. The number of piperidine rings is 1. The average Bonchev–Trinajstić information content (AvgIpc) is 3.19. The third kappa shape index (κ3) is 4.97. The van der Waals surface area contributed by atoms with Crippen LogP contribution in [0, 0.1) is 11.6 Å². The number of nitrogens with zero attached hydrogens (tertiary/aromatic N) is 2. The molecule has 0 bridgehead atoms. The Kier molecular flexibility index (Phi) is 6.72. The molecule has 2 aliphatic rings. The average molecular weight is 475 g/mol. The molecule has 182 valence electrons. The van der Waals surface area contributed by atoms with E-state index in [4.69, 9.17) is 9.47 Å². The molecule has 2 heterocycles. The molecule has 0 spiro atoms. The van der Waals surface area contributed by atoms with Crippen LogP contribution in [0.1, 0.15) is 19.8 Å². The highest BCUT2D eigenvalue weighted by Gasteiger charge is 2.34. The van der Waals surface area contributed by atoms with E-state index in [9.17, 15) is 23.5 Å². The lowest BCUT2D eigenvalue weighted by Crippen LogP contribution is -2.45. The minimum absolute atomic E-state index is 0.172. The van der Waals surface area contributed by atoms with Crippen LogP contribution >= 0.6 is 0 Å². The van der Waals surface area contributed by atoms with Gasteiger partial charge in [-0.15, -0.1) is 0 Å². The zero-order chi connectivity index (χ0) is 24.5. The number of rotatable bonds is 6. The van der Waals surface area contributed by atoms with Gasteiger partial charge in [0, 0.05) is 45.5 Å². The van der Waals surface area contributed by atoms with Crippen molar-refractivity contribution in [2.45, 2.75) is 31.7 Å². The fourth-order valence-corrected chi connectivity index (χ4v) is 4.23. The van der Waals surface area contributed by atoms with Gasteiger partial charge in [0.25, 0.3) is 0 Å². The quantitative estimate of drug-likeness (QED) is 0.625. The molecule has 2 N–H and O–H groups in total. The van der Waals surface area contributed by atoms with Gasteiger partial charge in [-0.05, 0) is 35.9 Å². The van der Waals surface area contributed by atoms with Crippen molar-refractivity contribution in [1.82, 2.24) is 5.32 Å². The molecule has 0 aromatic heterocycles. The summed E-state index contributed by atoms with van der Waals surface area (Å²) in [6, 6.07) is 8.79. The van der Waals surface area contributed by atoms with Gasteiger partial charge >= 0.3 is 6.09 Å². The van der Waals surface area contributed by atoms with Gasteiger partial charge in [-0.3, -0.25) is 9.69 Å². The summed E-state index contributed by atoms with van der Waals surface area (Å²) in [5.41, 5.74) is 1.25. The van der Waals surface area contributed by atoms with Gasteiger partial charge in [-0.25, -0.2) is 13.6 Å². The van der Waals surface area contributed by atoms with Crippen LogP contribution in [0.4, 0.5) is 25.0 Å². The lowest BCUT2D eigenvalue weighted by Gasteiger charge is -2.38. The van der Waals surface area contributed by atoms with Crippen molar-refractivity contribution < 1.29 is 33.0 Å². The van der Waals surface area contributed by atoms with Crippen molar-refractivity contribution in [2.24, 2.45) is 0 Å². The molecule has 0 saturated carbocycles. The monoisotopic (exact) mass is 475 g/mol. The molecule has 8 nitrogen and oxygen atoms in total. The molecule has 0 radical (unpaired) electrons. The Hall–Kier alpha value is -3.24. The van der Waals surface area contributed by atoms with Crippen molar-refractivity contribution in [1.29, 1.82) is 0 Å². The highest BCUT2D eigenvalue weighted by Crippen LogP contribution is 2.33. The molecule has 2 aliphatic heterocycles. The third-order valence-electron chi connectivity index (χ3n) is 6.24. The normalized spacial score (nSPS) is 19.8. The summed E-state index contributed by atoms with van der Waals surface area (Å²) < 4.78 is 40.2. The van der Waals surface area contributed by atoms with E-state index in [2.05, 4.69) is 5.32 Å². The van der Waals surface area contributed by atoms with Crippen molar-refractivity contribution >= 4 is 23.4 Å². The number of nitrogens with one attached hydrogen (secondary N) is 1. The van der Waals surface area contributed by atoms with E-state index < -0.39 is 29.6 Å². The SMILES string of the molecule is COC1(O)CCN(c2ccc(-c3ccc(N4C[C@H](CNC(C)=O)OC4=O)cc3F)cc2F)CC1. The fraction of sp³-hybridized carbons (Fsp3) is 0.417. The number of cyclic esters (lactones) is 1. The molecule has 10 heteroatoms. The van der Waals surface area contributed by atoms with Crippen LogP contribution in [0.15, 0.2) is 36.4 Å². The number of carbonyl (C=O) groups excluding carboxylic acids is 2. The molecule has 34 heavy (non-hydrogen) atoms. The largest absolute Gasteiger partial charge is 0.442 e. The smallest absolute Gasteiger partial charge is 0.414 e. The summed E-state index contributed by atoms with van der Waals surface area (Å²) in [5, 5.41) is 12.8. The first-order valence-corrected chi connectivity index (χ1v) is 11.0. The Morgan fingerprint density at radius 3 is 2.56 bits per heavy atom. The number of ether oxygens (including phenoxy) is 2. The lowest BCUT2D eigenvalue weighted by molar-refractivity contribution is -0.196. The number of amides is 2. The summed E-state index contributed by atoms with van der Waals surface area (Å²) in [6.45, 7) is 2.57. The number of carbonyl (C=O) groups is 2. The van der Waals surface area contributed by atoms with Gasteiger partial charge < -0.3 is 24.8 Å². The van der Waals surface area contributed by atoms with Crippen LogP contribution in [0.2, 0.25) is 0 Å². The minimum atomic E-state index is -1.19. The van der Waals surface area contributed by atoms with Gasteiger partial charge in [-0.2, -0.15) is 0 Å². The molecule has 2 saturated heterocycles. The molecule has 1 atom stereocenters. The van der Waals surface area contributed by atoms with Crippen LogP contribution in [-0.2, 0) is 14.3 Å². The van der Waals surface area contributed by atoms with Crippen LogP contribution in [0.25, 0.3) is 11.1 Å². The number of anilines is 2. The van der Waals surface area contributed by atoms with Crippen LogP contribution in [0.5, 0.6) is 0 Å². The predicted octanol–water partition coefficient (Wildman–Crippen LogP) is 3.03. The summed E-state index contributed by atoms with van der Waals surface area (Å²) >= 11 is 0. The van der Waals surface area contributed by atoms with E-state index in [0.717, 1.165) is 0 Å². The third-order valence-corrected chi connectivity index (χ3v) is 6.24. The van der Waals surface area contributed by atoms with E-state index in [1.165, 1.54) is 37.1 Å². The van der Waals surface area contributed by atoms with Crippen molar-refractivity contribution in [3.05, 3.63) is 48.0 Å². The summed E-state index contributed by atoms with van der Waals surface area (Å²) in [7, 11) is 1.45. The maximum absolute atomic E-state index is 15.0. The van der Waals surface area contributed by atoms with E-state index in [1.807, 2.05) is 4.90 Å². The molecule has 0 aliphatic carbocycles. The first-order chi connectivity index (χ1) is 16.2. The number of hydrogen-bond acceptors (Lipinski definition) is 6. The van der Waals surface area contributed by atoms with Crippen LogP contribution in [0.3, 0.4) is 0 Å². The van der Waals surface area contributed by atoms with E-state index in [0.29, 0.717) is 42.9 Å². The molecular weight excluding hydrogens is 448 g/mol. The van der Waals surface area contributed by atoms with E-state index in [1.54, 1.807) is 18.2 Å². The first kappa shape index (κ1) is 23.9. The summed E-state index contributed by atoms with van der Waals surface area (Å²) in [6.07, 6.45) is -0.452. The lowest BCUT2D eigenvalue weighted by atomic mass is 10.0. The zero-order valence-corrected chi connectivity index (χ0v) is 19.0. The summed E-state index contributed by atoms with van der Waals surface area (Å²) in [5.74, 6) is -2.53. The Balaban J connectivity index is 1.47. The van der Waals surface area contributed by atoms with Crippen LogP contribution < -0.4 is 15.1 Å². The minimum Gasteiger partial charge on any atom is -0.442 e. The number of methoxy groups -OCH3 is 1.